The molecule has 5 rings (SSSR count). The predicted molar refractivity (Wildman–Crippen MR) is 96.2 cm³/mol. The van der Waals surface area contributed by atoms with E-state index >= 15 is 0 Å². The van der Waals surface area contributed by atoms with Gasteiger partial charge in [0, 0.05) is 11.3 Å². The van der Waals surface area contributed by atoms with Gasteiger partial charge in [0.15, 0.2) is 11.6 Å². The molecule has 0 aromatic heterocycles. The van der Waals surface area contributed by atoms with Gasteiger partial charge in [0.1, 0.15) is 12.2 Å². The fourth-order valence-electron chi connectivity index (χ4n) is 7.80. The van der Waals surface area contributed by atoms with E-state index < -0.39 is 0 Å². The van der Waals surface area contributed by atoms with E-state index in [-0.39, 0.29) is 46.6 Å². The van der Waals surface area contributed by atoms with Crippen LogP contribution in [0.3, 0.4) is 0 Å². The molecular weight excluding hydrogens is 328 g/mol. The Kier molecular flexibility index (Phi) is 3.22. The second-order valence-electron chi connectivity index (χ2n) is 9.78. The van der Waals surface area contributed by atoms with E-state index in [4.69, 9.17) is 4.74 Å². The fraction of sp³-hybridized carbons (Fsp3) is 0.727. The van der Waals surface area contributed by atoms with E-state index in [1.165, 1.54) is 5.57 Å². The molecule has 26 heavy (non-hydrogen) atoms. The zero-order valence-corrected chi connectivity index (χ0v) is 15.8. The number of Topliss-reactive ketones (excluding diaryl/α,β-unsaturated/α-hetero) is 1. The van der Waals surface area contributed by atoms with Crippen LogP contribution in [0.1, 0.15) is 46.5 Å². The van der Waals surface area contributed by atoms with Gasteiger partial charge in [-0.3, -0.25) is 9.59 Å². The molecule has 1 spiro atoms. The SMILES string of the molecule is C[C@@H]1C[C@H]2C3CCC4=CC(=O)C=C[C@]4(C)C34OC4C[C@]2(C)[C@H]1C(=O)CO. The summed E-state index contributed by atoms with van der Waals surface area (Å²) >= 11 is 0. The summed E-state index contributed by atoms with van der Waals surface area (Å²) in [5.41, 5.74) is 0.745. The van der Waals surface area contributed by atoms with Crippen molar-refractivity contribution in [1.29, 1.82) is 0 Å². The van der Waals surface area contributed by atoms with Crippen LogP contribution in [0.2, 0.25) is 0 Å². The standard InChI is InChI=1S/C22H28O4/c1-12-8-16-15-5-4-13-9-14(24)6-7-21(13,3)22(15)18(26-22)10-20(16,2)19(12)17(25)11-23/h6-7,9,12,15-16,18-19,23H,4-5,8,10-11H2,1-3H3/t12-,15?,16+,18?,19-,20+,21+,22?/m1/s1. The van der Waals surface area contributed by atoms with Crippen molar-refractivity contribution in [1.82, 2.24) is 0 Å². The van der Waals surface area contributed by atoms with Gasteiger partial charge in [-0.15, -0.1) is 0 Å². The van der Waals surface area contributed by atoms with Crippen molar-refractivity contribution in [3.8, 4) is 0 Å². The molecule has 0 amide bonds. The van der Waals surface area contributed by atoms with Crippen molar-refractivity contribution in [3.05, 3.63) is 23.8 Å². The predicted octanol–water partition coefficient (Wildman–Crippen LogP) is 2.85. The summed E-state index contributed by atoms with van der Waals surface area (Å²) in [6.45, 7) is 6.33. The first kappa shape index (κ1) is 16.9. The zero-order chi connectivity index (χ0) is 18.5. The van der Waals surface area contributed by atoms with Gasteiger partial charge in [-0.2, -0.15) is 0 Å². The van der Waals surface area contributed by atoms with Crippen molar-refractivity contribution >= 4 is 11.6 Å². The highest BCUT2D eigenvalue weighted by atomic mass is 16.6. The van der Waals surface area contributed by atoms with Gasteiger partial charge in [0.05, 0.1) is 6.10 Å². The normalized spacial score (nSPS) is 53.9. The Bertz CT molecular complexity index is 766. The second-order valence-corrected chi connectivity index (χ2v) is 9.78. The number of ketones is 2. The number of hydrogen-bond acceptors (Lipinski definition) is 4. The van der Waals surface area contributed by atoms with Gasteiger partial charge in [-0.1, -0.05) is 25.5 Å². The number of fused-ring (bicyclic) bond motifs is 3. The molecule has 1 N–H and O–H groups in total. The van der Waals surface area contributed by atoms with Crippen molar-refractivity contribution < 1.29 is 19.4 Å². The van der Waals surface area contributed by atoms with Gasteiger partial charge < -0.3 is 9.84 Å². The van der Waals surface area contributed by atoms with Crippen molar-refractivity contribution in [3.63, 3.8) is 0 Å². The van der Waals surface area contributed by atoms with Crippen molar-refractivity contribution in [2.45, 2.75) is 58.2 Å². The van der Waals surface area contributed by atoms with Gasteiger partial charge in [0.25, 0.3) is 0 Å². The molecule has 4 aliphatic carbocycles. The quantitative estimate of drug-likeness (QED) is 0.773. The Hall–Kier alpha value is -1.26. The van der Waals surface area contributed by atoms with E-state index in [1.807, 2.05) is 6.08 Å². The van der Waals surface area contributed by atoms with Crippen LogP contribution in [-0.2, 0) is 14.3 Å². The minimum absolute atomic E-state index is 0.00131. The van der Waals surface area contributed by atoms with Crippen LogP contribution in [0.15, 0.2) is 23.8 Å². The summed E-state index contributed by atoms with van der Waals surface area (Å²) < 4.78 is 6.50. The highest BCUT2D eigenvalue weighted by Gasteiger charge is 2.79. The third-order valence-corrected chi connectivity index (χ3v) is 8.78. The zero-order valence-electron chi connectivity index (χ0n) is 15.8. The molecule has 8 atom stereocenters. The number of carbonyl (C=O) groups is 2. The van der Waals surface area contributed by atoms with Crippen molar-refractivity contribution in [2.75, 3.05) is 6.61 Å². The second kappa shape index (κ2) is 4.96. The molecular formula is C22H28O4. The third-order valence-electron chi connectivity index (χ3n) is 8.78. The Labute approximate surface area is 154 Å². The lowest BCUT2D eigenvalue weighted by Crippen LogP contribution is -2.57. The highest BCUT2D eigenvalue weighted by Crippen LogP contribution is 2.75. The number of allylic oxidation sites excluding steroid dienone is 2. The highest BCUT2D eigenvalue weighted by molar-refractivity contribution is 6.01. The molecule has 0 radical (unpaired) electrons. The Balaban J connectivity index is 1.57. The summed E-state index contributed by atoms with van der Waals surface area (Å²) in [5, 5.41) is 9.52. The molecule has 1 saturated heterocycles. The van der Waals surface area contributed by atoms with E-state index in [0.717, 1.165) is 25.7 Å². The lowest BCUT2D eigenvalue weighted by Gasteiger charge is -2.54. The number of ether oxygens (including phenoxy) is 1. The first-order valence-electron chi connectivity index (χ1n) is 10.0. The summed E-state index contributed by atoms with van der Waals surface area (Å²) in [6, 6.07) is 0. The lowest BCUT2D eigenvalue weighted by atomic mass is 9.47. The molecule has 5 aliphatic rings. The van der Waals surface area contributed by atoms with Crippen LogP contribution in [0.25, 0.3) is 0 Å². The van der Waals surface area contributed by atoms with Gasteiger partial charge in [-0.25, -0.2) is 0 Å². The molecule has 1 aliphatic heterocycles. The minimum Gasteiger partial charge on any atom is -0.389 e. The van der Waals surface area contributed by atoms with E-state index in [1.54, 1.807) is 6.08 Å². The van der Waals surface area contributed by atoms with Gasteiger partial charge >= 0.3 is 0 Å². The number of rotatable bonds is 2. The summed E-state index contributed by atoms with van der Waals surface area (Å²) in [7, 11) is 0. The topological polar surface area (TPSA) is 66.9 Å². The monoisotopic (exact) mass is 356 g/mol. The molecule has 4 nitrogen and oxygen atoms in total. The first-order chi connectivity index (χ1) is 12.3. The maximum Gasteiger partial charge on any atom is 0.178 e. The first-order valence-corrected chi connectivity index (χ1v) is 10.0. The van der Waals surface area contributed by atoms with Crippen LogP contribution in [-0.4, -0.2) is 35.0 Å². The molecule has 3 saturated carbocycles. The number of aliphatic hydroxyl groups is 1. The Morgan fingerprint density at radius 3 is 2.85 bits per heavy atom. The van der Waals surface area contributed by atoms with Crippen LogP contribution in [0.5, 0.6) is 0 Å². The average molecular weight is 356 g/mol. The van der Waals surface area contributed by atoms with Crippen LogP contribution in [0, 0.1) is 34.5 Å². The number of aliphatic hydroxyl groups excluding tert-OH is 1. The van der Waals surface area contributed by atoms with E-state index in [2.05, 4.69) is 26.8 Å². The molecule has 1 heterocycles. The summed E-state index contributed by atoms with van der Waals surface area (Å²) in [5.74, 6) is 1.21. The van der Waals surface area contributed by atoms with Crippen molar-refractivity contribution in [2.24, 2.45) is 34.5 Å². The Morgan fingerprint density at radius 1 is 1.35 bits per heavy atom. The van der Waals surface area contributed by atoms with Gasteiger partial charge in [0.2, 0.25) is 0 Å². The Morgan fingerprint density at radius 2 is 2.12 bits per heavy atom. The smallest absolute Gasteiger partial charge is 0.178 e. The summed E-state index contributed by atoms with van der Waals surface area (Å²) in [4.78, 5) is 24.4. The average Bonchev–Trinajstić information content (AvgIpc) is 3.24. The minimum atomic E-state index is -0.353. The van der Waals surface area contributed by atoms with E-state index in [9.17, 15) is 14.7 Å². The molecule has 0 aromatic rings. The fourth-order valence-corrected chi connectivity index (χ4v) is 7.80. The molecule has 140 valence electrons. The third kappa shape index (κ3) is 1.73. The summed E-state index contributed by atoms with van der Waals surface area (Å²) in [6.07, 6.45) is 9.68. The lowest BCUT2D eigenvalue weighted by molar-refractivity contribution is -0.132. The number of hydrogen-bond donors (Lipinski definition) is 1. The van der Waals surface area contributed by atoms with Gasteiger partial charge in [-0.05, 0) is 67.9 Å². The van der Waals surface area contributed by atoms with Crippen LogP contribution >= 0.6 is 0 Å². The largest absolute Gasteiger partial charge is 0.389 e. The van der Waals surface area contributed by atoms with Crippen LogP contribution in [0.4, 0.5) is 0 Å². The van der Waals surface area contributed by atoms with E-state index in [0.29, 0.717) is 17.8 Å². The number of carbonyl (C=O) groups excluding carboxylic acids is 2. The maximum atomic E-state index is 12.5. The molecule has 0 aromatic carbocycles. The molecule has 4 fully saturated rings. The van der Waals surface area contributed by atoms with Crippen LogP contribution < -0.4 is 0 Å². The molecule has 4 heteroatoms. The maximum absolute atomic E-state index is 12.5. The molecule has 3 unspecified atom stereocenters. The number of epoxide rings is 1. The molecule has 0 bridgehead atoms.